The highest BCUT2D eigenvalue weighted by atomic mass is 32.1. The van der Waals surface area contributed by atoms with E-state index < -0.39 is 5.97 Å². The second-order valence-corrected chi connectivity index (χ2v) is 7.79. The third-order valence-corrected chi connectivity index (χ3v) is 5.73. The van der Waals surface area contributed by atoms with Gasteiger partial charge in [-0.3, -0.25) is 14.4 Å². The molecule has 0 spiro atoms. The van der Waals surface area contributed by atoms with Gasteiger partial charge in [-0.2, -0.15) is 0 Å². The van der Waals surface area contributed by atoms with E-state index in [4.69, 9.17) is 5.11 Å². The zero-order chi connectivity index (χ0) is 19.4. The van der Waals surface area contributed by atoms with Crippen molar-refractivity contribution in [1.29, 1.82) is 0 Å². The Bertz CT molecular complexity index is 807. The summed E-state index contributed by atoms with van der Waals surface area (Å²) in [6, 6.07) is 7.58. The Morgan fingerprint density at radius 3 is 2.59 bits per heavy atom. The van der Waals surface area contributed by atoms with Gasteiger partial charge in [-0.15, -0.1) is 11.3 Å². The third-order valence-electron chi connectivity index (χ3n) is 4.87. The Hall–Kier alpha value is -2.61. The number of likely N-dealkylation sites (N-methyl/N-ethyl adjacent to an activating group) is 1. The maximum Gasteiger partial charge on any atom is 0.306 e. The Labute approximate surface area is 161 Å². The van der Waals surface area contributed by atoms with Gasteiger partial charge >= 0.3 is 5.97 Å². The van der Waals surface area contributed by atoms with Gasteiger partial charge in [0, 0.05) is 31.2 Å². The van der Waals surface area contributed by atoms with E-state index in [1.807, 2.05) is 34.3 Å². The number of carboxylic acids is 1. The normalized spacial score (nSPS) is 14.9. The lowest BCUT2D eigenvalue weighted by Crippen LogP contribution is -2.45. The minimum Gasteiger partial charge on any atom is -0.481 e. The summed E-state index contributed by atoms with van der Waals surface area (Å²) in [5.74, 6) is -1.54. The molecule has 1 aliphatic heterocycles. The quantitative estimate of drug-likeness (QED) is 0.819. The number of aliphatic carboxylic acids is 1. The van der Waals surface area contributed by atoms with Crippen LogP contribution in [0.3, 0.4) is 0 Å². The molecular formula is C19H23N3O4S. The van der Waals surface area contributed by atoms with E-state index in [-0.39, 0.29) is 24.3 Å². The van der Waals surface area contributed by atoms with Crippen molar-refractivity contribution in [2.24, 2.45) is 5.92 Å². The monoisotopic (exact) mass is 389 g/mol. The summed E-state index contributed by atoms with van der Waals surface area (Å²) < 4.78 is 1.88. The van der Waals surface area contributed by atoms with E-state index in [1.165, 1.54) is 4.90 Å². The molecule has 1 aliphatic rings. The van der Waals surface area contributed by atoms with Crippen molar-refractivity contribution in [3.05, 3.63) is 46.4 Å². The summed E-state index contributed by atoms with van der Waals surface area (Å²) in [6.07, 6.45) is 2.78. The highest BCUT2D eigenvalue weighted by Gasteiger charge is 2.28. The fourth-order valence-corrected chi connectivity index (χ4v) is 3.97. The minimum absolute atomic E-state index is 0.0131. The van der Waals surface area contributed by atoms with Gasteiger partial charge in [-0.05, 0) is 36.4 Å². The van der Waals surface area contributed by atoms with E-state index in [0.717, 1.165) is 4.88 Å². The van der Waals surface area contributed by atoms with E-state index in [1.54, 1.807) is 29.4 Å². The van der Waals surface area contributed by atoms with Crippen LogP contribution in [0.25, 0.3) is 0 Å². The molecule has 1 saturated heterocycles. The van der Waals surface area contributed by atoms with Gasteiger partial charge < -0.3 is 19.5 Å². The average molecular weight is 389 g/mol. The first-order valence-electron chi connectivity index (χ1n) is 8.89. The van der Waals surface area contributed by atoms with E-state index in [0.29, 0.717) is 38.2 Å². The first kappa shape index (κ1) is 19.2. The first-order valence-corrected chi connectivity index (χ1v) is 9.77. The number of aromatic nitrogens is 1. The molecule has 8 heteroatoms. The van der Waals surface area contributed by atoms with Crippen LogP contribution in [-0.4, -0.2) is 63.9 Å². The van der Waals surface area contributed by atoms with Crippen molar-refractivity contribution in [2.75, 3.05) is 26.7 Å². The predicted molar refractivity (Wildman–Crippen MR) is 102 cm³/mol. The van der Waals surface area contributed by atoms with Crippen molar-refractivity contribution in [3.8, 4) is 0 Å². The summed E-state index contributed by atoms with van der Waals surface area (Å²) >= 11 is 1.63. The topological polar surface area (TPSA) is 82.9 Å². The molecule has 0 aliphatic carbocycles. The molecule has 0 saturated carbocycles. The number of carbonyl (C=O) groups excluding carboxylic acids is 2. The van der Waals surface area contributed by atoms with Gasteiger partial charge in [0.05, 0.1) is 19.0 Å². The van der Waals surface area contributed by atoms with Crippen LogP contribution in [0, 0.1) is 5.92 Å². The number of carboxylic acid groups (broad SMARTS) is 1. The van der Waals surface area contributed by atoms with Gasteiger partial charge in [-0.1, -0.05) is 6.07 Å². The van der Waals surface area contributed by atoms with E-state index >= 15 is 0 Å². The molecule has 0 atom stereocenters. The number of nitrogens with zero attached hydrogens (tertiary/aromatic N) is 3. The van der Waals surface area contributed by atoms with Gasteiger partial charge in [0.25, 0.3) is 5.91 Å². The van der Waals surface area contributed by atoms with Crippen molar-refractivity contribution >= 4 is 29.1 Å². The lowest BCUT2D eigenvalue weighted by atomic mass is 9.97. The van der Waals surface area contributed by atoms with Crippen LogP contribution >= 0.6 is 11.3 Å². The van der Waals surface area contributed by atoms with Crippen LogP contribution in [0.5, 0.6) is 0 Å². The van der Waals surface area contributed by atoms with E-state index in [2.05, 4.69) is 0 Å². The second-order valence-electron chi connectivity index (χ2n) is 6.76. The van der Waals surface area contributed by atoms with Crippen LogP contribution in [0.4, 0.5) is 0 Å². The lowest BCUT2D eigenvalue weighted by Gasteiger charge is -2.31. The van der Waals surface area contributed by atoms with Gasteiger partial charge in [0.15, 0.2) is 0 Å². The molecule has 1 fully saturated rings. The molecule has 0 aromatic carbocycles. The van der Waals surface area contributed by atoms with Crippen molar-refractivity contribution in [2.45, 2.75) is 19.4 Å². The standard InChI is InChI=1S/C19H23N3O4S/c1-20(13-17(23)21-9-6-14(7-10-21)19(25)26)18(24)16-5-2-8-22(16)12-15-4-3-11-27-15/h2-5,8,11,14H,6-7,9-10,12-13H2,1H3,(H,25,26). The van der Waals surface area contributed by atoms with Crippen LogP contribution in [0.1, 0.15) is 28.2 Å². The van der Waals surface area contributed by atoms with E-state index in [9.17, 15) is 14.4 Å². The summed E-state index contributed by atoms with van der Waals surface area (Å²) in [5.41, 5.74) is 0.545. The van der Waals surface area contributed by atoms with Crippen molar-refractivity contribution in [1.82, 2.24) is 14.4 Å². The molecule has 3 heterocycles. The Balaban J connectivity index is 1.57. The zero-order valence-corrected chi connectivity index (χ0v) is 16.0. The number of hydrogen-bond acceptors (Lipinski definition) is 4. The SMILES string of the molecule is CN(CC(=O)N1CCC(C(=O)O)CC1)C(=O)c1cccn1Cc1cccs1. The molecule has 2 amide bonds. The first-order chi connectivity index (χ1) is 13.0. The second kappa shape index (κ2) is 8.39. The smallest absolute Gasteiger partial charge is 0.306 e. The summed E-state index contributed by atoms with van der Waals surface area (Å²) in [6.45, 7) is 1.45. The molecular weight excluding hydrogens is 366 g/mol. The van der Waals surface area contributed by atoms with Crippen molar-refractivity contribution in [3.63, 3.8) is 0 Å². The van der Waals surface area contributed by atoms with Gasteiger partial charge in [0.1, 0.15) is 5.69 Å². The summed E-state index contributed by atoms with van der Waals surface area (Å²) in [5, 5.41) is 11.0. The minimum atomic E-state index is -0.805. The summed E-state index contributed by atoms with van der Waals surface area (Å²) in [4.78, 5) is 40.5. The molecule has 7 nitrogen and oxygen atoms in total. The largest absolute Gasteiger partial charge is 0.481 e. The maximum atomic E-state index is 12.8. The molecule has 0 unspecified atom stereocenters. The zero-order valence-electron chi connectivity index (χ0n) is 15.2. The molecule has 144 valence electrons. The lowest BCUT2D eigenvalue weighted by molar-refractivity contribution is -0.145. The summed E-state index contributed by atoms with van der Waals surface area (Å²) in [7, 11) is 1.62. The molecule has 2 aromatic heterocycles. The van der Waals surface area contributed by atoms with Gasteiger partial charge in [-0.25, -0.2) is 0 Å². The van der Waals surface area contributed by atoms with Crippen LogP contribution in [-0.2, 0) is 16.1 Å². The molecule has 27 heavy (non-hydrogen) atoms. The average Bonchev–Trinajstić information content (AvgIpc) is 3.33. The Morgan fingerprint density at radius 2 is 1.96 bits per heavy atom. The number of rotatable bonds is 6. The number of amides is 2. The van der Waals surface area contributed by atoms with Crippen LogP contribution < -0.4 is 0 Å². The number of likely N-dealkylation sites (tertiary alicyclic amines) is 1. The number of piperidine rings is 1. The molecule has 0 radical (unpaired) electrons. The number of hydrogen-bond donors (Lipinski definition) is 1. The van der Waals surface area contributed by atoms with Crippen LogP contribution in [0.2, 0.25) is 0 Å². The molecule has 2 aromatic rings. The Kier molecular flexibility index (Phi) is 5.95. The van der Waals surface area contributed by atoms with Gasteiger partial charge in [0.2, 0.25) is 5.91 Å². The fraction of sp³-hybridized carbons (Fsp3) is 0.421. The third kappa shape index (κ3) is 4.57. The highest BCUT2D eigenvalue weighted by molar-refractivity contribution is 7.09. The number of carbonyl (C=O) groups is 3. The molecule has 0 bridgehead atoms. The number of thiophene rings is 1. The molecule has 1 N–H and O–H groups in total. The predicted octanol–water partition coefficient (Wildman–Crippen LogP) is 1.99. The highest BCUT2D eigenvalue weighted by Crippen LogP contribution is 2.18. The molecule has 3 rings (SSSR count). The fourth-order valence-electron chi connectivity index (χ4n) is 3.26. The maximum absolute atomic E-state index is 12.8. The van der Waals surface area contributed by atoms with Crippen molar-refractivity contribution < 1.29 is 19.5 Å². The van der Waals surface area contributed by atoms with Crippen LogP contribution in [0.15, 0.2) is 35.8 Å². The Morgan fingerprint density at radius 1 is 1.22 bits per heavy atom.